The number of benzene rings is 2. The zero-order valence-electron chi connectivity index (χ0n) is 14.4. The molecule has 2 aromatic carbocycles. The molecule has 0 aliphatic rings. The molecule has 4 rings (SSSR count). The predicted molar refractivity (Wildman–Crippen MR) is 103 cm³/mol. The van der Waals surface area contributed by atoms with E-state index in [2.05, 4.69) is 25.3 Å². The molecular formula is C20H17N5O. The quantitative estimate of drug-likeness (QED) is 0.592. The van der Waals surface area contributed by atoms with Gasteiger partial charge in [0.15, 0.2) is 0 Å². The van der Waals surface area contributed by atoms with Crippen LogP contribution < -0.4 is 10.9 Å². The van der Waals surface area contributed by atoms with Crippen molar-refractivity contribution in [1.82, 2.24) is 19.9 Å². The van der Waals surface area contributed by atoms with E-state index in [0.717, 1.165) is 27.7 Å². The third kappa shape index (κ3) is 3.17. The average molecular weight is 343 g/mol. The third-order valence-electron chi connectivity index (χ3n) is 4.08. The molecule has 0 aliphatic heterocycles. The molecule has 0 fully saturated rings. The number of nitrogens with zero attached hydrogens (tertiary/aromatic N) is 3. The van der Waals surface area contributed by atoms with Gasteiger partial charge in [-0.15, -0.1) is 0 Å². The molecule has 0 saturated heterocycles. The molecule has 0 bridgehead atoms. The molecule has 0 saturated carbocycles. The second kappa shape index (κ2) is 6.40. The van der Waals surface area contributed by atoms with E-state index in [-0.39, 0.29) is 5.56 Å². The number of anilines is 2. The second-order valence-corrected chi connectivity index (χ2v) is 6.12. The standard InChI is InChI=1S/C20H17N5O/c1-12-8-9-15-13(2)21-19(23-17(15)10-12)25-20-22-16(11-18(26)24-20)14-6-4-3-5-7-14/h3-11H,1-2H3,(H2,21,22,23,24,25,26). The molecule has 0 spiro atoms. The van der Waals surface area contributed by atoms with E-state index in [4.69, 9.17) is 0 Å². The average Bonchev–Trinajstić information content (AvgIpc) is 2.61. The normalized spacial score (nSPS) is 10.8. The summed E-state index contributed by atoms with van der Waals surface area (Å²) in [5.41, 5.74) is 4.05. The lowest BCUT2D eigenvalue weighted by Crippen LogP contribution is -2.12. The third-order valence-corrected chi connectivity index (χ3v) is 4.08. The van der Waals surface area contributed by atoms with E-state index in [9.17, 15) is 4.79 Å². The molecule has 0 atom stereocenters. The van der Waals surface area contributed by atoms with Gasteiger partial charge in [-0.1, -0.05) is 42.5 Å². The lowest BCUT2D eigenvalue weighted by Gasteiger charge is -2.09. The molecule has 0 unspecified atom stereocenters. The van der Waals surface area contributed by atoms with Crippen LogP contribution in [-0.2, 0) is 0 Å². The number of aromatic nitrogens is 4. The number of H-pyrrole nitrogens is 1. The Morgan fingerprint density at radius 3 is 2.54 bits per heavy atom. The summed E-state index contributed by atoms with van der Waals surface area (Å²) in [4.78, 5) is 28.2. The zero-order valence-corrected chi connectivity index (χ0v) is 14.4. The number of aryl methyl sites for hydroxylation is 2. The first kappa shape index (κ1) is 16.0. The summed E-state index contributed by atoms with van der Waals surface area (Å²) in [7, 11) is 0. The number of hydrogen-bond donors (Lipinski definition) is 2. The fraction of sp³-hybridized carbons (Fsp3) is 0.100. The van der Waals surface area contributed by atoms with Crippen molar-refractivity contribution < 1.29 is 0 Å². The van der Waals surface area contributed by atoms with Crippen molar-refractivity contribution in [2.45, 2.75) is 13.8 Å². The smallest absolute Gasteiger partial charge is 0.252 e. The number of rotatable bonds is 3. The van der Waals surface area contributed by atoms with E-state index in [0.29, 0.717) is 17.6 Å². The zero-order chi connectivity index (χ0) is 18.1. The molecule has 6 heteroatoms. The van der Waals surface area contributed by atoms with E-state index < -0.39 is 0 Å². The molecule has 0 aliphatic carbocycles. The van der Waals surface area contributed by atoms with Gasteiger partial charge in [-0.3, -0.25) is 15.1 Å². The lowest BCUT2D eigenvalue weighted by molar-refractivity contribution is 1.08. The van der Waals surface area contributed by atoms with Gasteiger partial charge < -0.3 is 0 Å². The molecule has 2 aromatic heterocycles. The molecule has 4 aromatic rings. The Labute approximate surface area is 150 Å². The van der Waals surface area contributed by atoms with Crippen molar-refractivity contribution in [3.05, 3.63) is 76.2 Å². The topological polar surface area (TPSA) is 83.6 Å². The van der Waals surface area contributed by atoms with Crippen molar-refractivity contribution in [3.63, 3.8) is 0 Å². The minimum atomic E-state index is -0.241. The molecule has 6 nitrogen and oxygen atoms in total. The first-order chi connectivity index (χ1) is 12.6. The summed E-state index contributed by atoms with van der Waals surface area (Å²) in [6.07, 6.45) is 0. The number of hydrogen-bond acceptors (Lipinski definition) is 5. The van der Waals surface area contributed by atoms with Crippen LogP contribution in [0.2, 0.25) is 0 Å². The fourth-order valence-corrected chi connectivity index (χ4v) is 2.83. The Hall–Kier alpha value is -3.54. The summed E-state index contributed by atoms with van der Waals surface area (Å²) >= 11 is 0. The van der Waals surface area contributed by atoms with Gasteiger partial charge in [-0.05, 0) is 25.5 Å². The second-order valence-electron chi connectivity index (χ2n) is 6.12. The van der Waals surface area contributed by atoms with Crippen LogP contribution in [-0.4, -0.2) is 19.9 Å². The van der Waals surface area contributed by atoms with Crippen LogP contribution in [0.15, 0.2) is 59.4 Å². The highest BCUT2D eigenvalue weighted by atomic mass is 16.1. The Morgan fingerprint density at radius 1 is 0.923 bits per heavy atom. The van der Waals surface area contributed by atoms with Crippen LogP contribution in [0.25, 0.3) is 22.2 Å². The summed E-state index contributed by atoms with van der Waals surface area (Å²) in [6.45, 7) is 3.95. The van der Waals surface area contributed by atoms with Crippen molar-refractivity contribution in [2.75, 3.05) is 5.32 Å². The van der Waals surface area contributed by atoms with Crippen LogP contribution in [0.3, 0.4) is 0 Å². The number of aromatic amines is 1. The van der Waals surface area contributed by atoms with Gasteiger partial charge in [0, 0.05) is 17.0 Å². The number of nitrogens with one attached hydrogen (secondary N) is 2. The van der Waals surface area contributed by atoms with Crippen molar-refractivity contribution in [3.8, 4) is 11.3 Å². The first-order valence-electron chi connectivity index (χ1n) is 8.27. The Bertz CT molecular complexity index is 1150. The monoisotopic (exact) mass is 343 g/mol. The highest BCUT2D eigenvalue weighted by Gasteiger charge is 2.08. The van der Waals surface area contributed by atoms with Crippen LogP contribution >= 0.6 is 0 Å². The van der Waals surface area contributed by atoms with Crippen LogP contribution in [0.5, 0.6) is 0 Å². The van der Waals surface area contributed by atoms with Crippen molar-refractivity contribution in [1.29, 1.82) is 0 Å². The molecule has 2 N–H and O–H groups in total. The largest absolute Gasteiger partial charge is 0.294 e. The Balaban J connectivity index is 1.75. The molecule has 0 radical (unpaired) electrons. The minimum absolute atomic E-state index is 0.241. The lowest BCUT2D eigenvalue weighted by atomic mass is 10.1. The highest BCUT2D eigenvalue weighted by molar-refractivity contribution is 5.82. The predicted octanol–water partition coefficient (Wildman–Crippen LogP) is 3.74. The molecule has 2 heterocycles. The summed E-state index contributed by atoms with van der Waals surface area (Å²) < 4.78 is 0. The van der Waals surface area contributed by atoms with E-state index >= 15 is 0 Å². The molecule has 26 heavy (non-hydrogen) atoms. The SMILES string of the molecule is Cc1ccc2c(C)nc(Nc3nc(-c4ccccc4)cc(=O)[nH]3)nc2c1. The molecule has 0 amide bonds. The Morgan fingerprint density at radius 2 is 1.73 bits per heavy atom. The maximum Gasteiger partial charge on any atom is 0.252 e. The van der Waals surface area contributed by atoms with Crippen LogP contribution in [0, 0.1) is 13.8 Å². The fourth-order valence-electron chi connectivity index (χ4n) is 2.83. The van der Waals surface area contributed by atoms with Crippen molar-refractivity contribution in [2.24, 2.45) is 0 Å². The van der Waals surface area contributed by atoms with Gasteiger partial charge in [0.25, 0.3) is 5.56 Å². The van der Waals surface area contributed by atoms with Gasteiger partial charge in [0.2, 0.25) is 11.9 Å². The van der Waals surface area contributed by atoms with Gasteiger partial charge >= 0.3 is 0 Å². The van der Waals surface area contributed by atoms with Crippen LogP contribution in [0.1, 0.15) is 11.3 Å². The number of fused-ring (bicyclic) bond motifs is 1. The first-order valence-corrected chi connectivity index (χ1v) is 8.27. The van der Waals surface area contributed by atoms with E-state index in [1.165, 1.54) is 6.07 Å². The summed E-state index contributed by atoms with van der Waals surface area (Å²) in [5.74, 6) is 0.705. The van der Waals surface area contributed by atoms with Gasteiger partial charge in [-0.25, -0.2) is 15.0 Å². The Kier molecular flexibility index (Phi) is 3.93. The summed E-state index contributed by atoms with van der Waals surface area (Å²) in [6, 6.07) is 17.1. The van der Waals surface area contributed by atoms with Crippen LogP contribution in [0.4, 0.5) is 11.9 Å². The van der Waals surface area contributed by atoms with E-state index in [1.807, 2.05) is 62.4 Å². The maximum atomic E-state index is 12.0. The summed E-state index contributed by atoms with van der Waals surface area (Å²) in [5, 5.41) is 4.02. The maximum absolute atomic E-state index is 12.0. The van der Waals surface area contributed by atoms with E-state index in [1.54, 1.807) is 0 Å². The van der Waals surface area contributed by atoms with Gasteiger partial charge in [0.1, 0.15) is 0 Å². The molecule has 128 valence electrons. The highest BCUT2D eigenvalue weighted by Crippen LogP contribution is 2.20. The minimum Gasteiger partial charge on any atom is -0.294 e. The van der Waals surface area contributed by atoms with Crippen molar-refractivity contribution >= 4 is 22.8 Å². The van der Waals surface area contributed by atoms with Gasteiger partial charge in [0.05, 0.1) is 16.9 Å². The molecular weight excluding hydrogens is 326 g/mol. The van der Waals surface area contributed by atoms with Gasteiger partial charge in [-0.2, -0.15) is 0 Å².